The molecule has 1 aromatic heterocycles. The van der Waals surface area contributed by atoms with Crippen LogP contribution in [0.2, 0.25) is 0 Å². The molecule has 1 aliphatic rings. The summed E-state index contributed by atoms with van der Waals surface area (Å²) in [6.07, 6.45) is 4.18. The highest BCUT2D eigenvalue weighted by Crippen LogP contribution is 2.40. The van der Waals surface area contributed by atoms with Gasteiger partial charge in [-0.2, -0.15) is 8.75 Å². The lowest BCUT2D eigenvalue weighted by Crippen LogP contribution is -2.25. The van der Waals surface area contributed by atoms with Gasteiger partial charge in [-0.1, -0.05) is 24.3 Å². The average molecular weight is 245 g/mol. The van der Waals surface area contributed by atoms with E-state index in [9.17, 15) is 0 Å². The quantitative estimate of drug-likeness (QED) is 0.899. The summed E-state index contributed by atoms with van der Waals surface area (Å²) >= 11 is 1.28. The minimum absolute atomic E-state index is 0.326. The van der Waals surface area contributed by atoms with Crippen molar-refractivity contribution < 1.29 is 0 Å². The SMILES string of the molecule is CNC(CC1Cc2ccccc21)c1cnsn1. The van der Waals surface area contributed by atoms with Crippen molar-refractivity contribution in [1.29, 1.82) is 0 Å². The van der Waals surface area contributed by atoms with E-state index in [2.05, 4.69) is 38.3 Å². The van der Waals surface area contributed by atoms with Crippen LogP contribution < -0.4 is 5.32 Å². The molecule has 0 saturated carbocycles. The van der Waals surface area contributed by atoms with E-state index in [1.54, 1.807) is 0 Å². The minimum Gasteiger partial charge on any atom is -0.312 e. The number of nitrogens with zero attached hydrogens (tertiary/aromatic N) is 2. The van der Waals surface area contributed by atoms with Gasteiger partial charge in [-0.3, -0.25) is 0 Å². The number of hydrogen-bond acceptors (Lipinski definition) is 4. The number of rotatable bonds is 4. The lowest BCUT2D eigenvalue weighted by molar-refractivity contribution is 0.447. The second kappa shape index (κ2) is 4.55. The third-order valence-corrected chi connectivity index (χ3v) is 4.06. The third-order valence-electron chi connectivity index (χ3n) is 3.57. The summed E-state index contributed by atoms with van der Waals surface area (Å²) in [5.74, 6) is 0.672. The first-order valence-corrected chi connectivity index (χ1v) is 6.64. The average Bonchev–Trinajstić information content (AvgIpc) is 2.84. The lowest BCUT2D eigenvalue weighted by atomic mass is 9.74. The van der Waals surface area contributed by atoms with Crippen molar-refractivity contribution in [3.05, 3.63) is 47.3 Å². The lowest BCUT2D eigenvalue weighted by Gasteiger charge is -2.32. The van der Waals surface area contributed by atoms with Crippen LogP contribution in [0.5, 0.6) is 0 Å². The molecule has 1 heterocycles. The highest BCUT2D eigenvalue weighted by molar-refractivity contribution is 6.99. The van der Waals surface area contributed by atoms with Gasteiger partial charge >= 0.3 is 0 Å². The topological polar surface area (TPSA) is 37.8 Å². The van der Waals surface area contributed by atoms with Crippen LogP contribution in [0.25, 0.3) is 0 Å². The molecule has 2 unspecified atom stereocenters. The molecule has 88 valence electrons. The van der Waals surface area contributed by atoms with Gasteiger partial charge in [-0.25, -0.2) is 0 Å². The van der Waals surface area contributed by atoms with E-state index in [-0.39, 0.29) is 0 Å². The second-order valence-electron chi connectivity index (χ2n) is 4.51. The van der Waals surface area contributed by atoms with Gasteiger partial charge in [0, 0.05) is 0 Å². The summed E-state index contributed by atoms with van der Waals surface area (Å²) in [7, 11) is 1.99. The summed E-state index contributed by atoms with van der Waals surface area (Å²) in [5, 5.41) is 3.34. The van der Waals surface area contributed by atoms with E-state index in [4.69, 9.17) is 0 Å². The zero-order chi connectivity index (χ0) is 11.7. The Morgan fingerprint density at radius 3 is 3.06 bits per heavy atom. The van der Waals surface area contributed by atoms with Crippen LogP contribution in [0.15, 0.2) is 30.5 Å². The van der Waals surface area contributed by atoms with Crippen LogP contribution >= 0.6 is 11.7 Å². The number of aromatic nitrogens is 2. The van der Waals surface area contributed by atoms with Crippen molar-refractivity contribution in [2.24, 2.45) is 0 Å². The maximum absolute atomic E-state index is 4.32. The van der Waals surface area contributed by atoms with Crippen molar-refractivity contribution in [1.82, 2.24) is 14.1 Å². The Hall–Kier alpha value is -1.26. The van der Waals surface area contributed by atoms with Gasteiger partial charge in [-0.15, -0.1) is 0 Å². The molecule has 0 radical (unpaired) electrons. The van der Waals surface area contributed by atoms with Crippen molar-refractivity contribution >= 4 is 11.7 Å². The third kappa shape index (κ3) is 1.98. The molecular formula is C13H15N3S. The van der Waals surface area contributed by atoms with E-state index < -0.39 is 0 Å². The zero-order valence-electron chi connectivity index (χ0n) is 9.76. The van der Waals surface area contributed by atoms with Gasteiger partial charge in [-0.05, 0) is 36.9 Å². The summed E-state index contributed by atoms with van der Waals surface area (Å²) in [6.45, 7) is 0. The predicted octanol–water partition coefficient (Wildman–Crippen LogP) is 2.53. The van der Waals surface area contributed by atoms with Crippen molar-refractivity contribution in [2.75, 3.05) is 7.05 Å². The van der Waals surface area contributed by atoms with E-state index in [0.29, 0.717) is 12.0 Å². The molecule has 2 aromatic rings. The van der Waals surface area contributed by atoms with Gasteiger partial charge in [0.25, 0.3) is 0 Å². The minimum atomic E-state index is 0.326. The zero-order valence-corrected chi connectivity index (χ0v) is 10.6. The van der Waals surface area contributed by atoms with Gasteiger partial charge < -0.3 is 5.32 Å². The molecule has 1 N–H and O–H groups in total. The normalized spacial score (nSPS) is 19.5. The largest absolute Gasteiger partial charge is 0.312 e. The number of nitrogens with one attached hydrogen (secondary N) is 1. The molecule has 3 nitrogen and oxygen atoms in total. The summed E-state index contributed by atoms with van der Waals surface area (Å²) in [4.78, 5) is 0. The molecule has 0 bridgehead atoms. The predicted molar refractivity (Wildman–Crippen MR) is 69.2 cm³/mol. The first kappa shape index (κ1) is 10.9. The molecule has 1 aromatic carbocycles. The number of hydrogen-bond donors (Lipinski definition) is 1. The molecule has 0 amide bonds. The fourth-order valence-corrected chi connectivity index (χ4v) is 3.04. The van der Waals surface area contributed by atoms with Crippen LogP contribution in [0.1, 0.15) is 35.2 Å². The molecule has 4 heteroatoms. The summed E-state index contributed by atoms with van der Waals surface area (Å²) < 4.78 is 8.40. The van der Waals surface area contributed by atoms with Crippen LogP contribution in [0.3, 0.4) is 0 Å². The van der Waals surface area contributed by atoms with Crippen molar-refractivity contribution in [2.45, 2.75) is 24.8 Å². The molecule has 1 aliphatic carbocycles. The molecule has 17 heavy (non-hydrogen) atoms. The number of fused-ring (bicyclic) bond motifs is 1. The number of benzene rings is 1. The first-order chi connectivity index (χ1) is 8.38. The highest BCUT2D eigenvalue weighted by Gasteiger charge is 2.28. The Balaban J connectivity index is 1.73. The standard InChI is InChI=1S/C13H15N3S/c1-14-12(13-8-15-17-16-13)7-10-6-9-4-2-3-5-11(9)10/h2-5,8,10,12,14H,6-7H2,1H3. The van der Waals surface area contributed by atoms with Crippen molar-refractivity contribution in [3.8, 4) is 0 Å². The van der Waals surface area contributed by atoms with E-state index >= 15 is 0 Å². The molecule has 0 fully saturated rings. The Kier molecular flexibility index (Phi) is 2.91. The molecule has 3 rings (SSSR count). The van der Waals surface area contributed by atoms with Crippen LogP contribution in [-0.2, 0) is 6.42 Å². The van der Waals surface area contributed by atoms with Gasteiger partial charge in [0.05, 0.1) is 29.7 Å². The Labute approximate surface area is 105 Å². The highest BCUT2D eigenvalue weighted by atomic mass is 32.1. The van der Waals surface area contributed by atoms with Gasteiger partial charge in [0.1, 0.15) is 0 Å². The van der Waals surface area contributed by atoms with E-state index in [1.807, 2.05) is 13.2 Å². The van der Waals surface area contributed by atoms with Crippen LogP contribution in [-0.4, -0.2) is 15.8 Å². The van der Waals surface area contributed by atoms with E-state index in [1.165, 1.54) is 29.3 Å². The summed E-state index contributed by atoms with van der Waals surface area (Å²) in [5.41, 5.74) is 4.08. The Bertz CT molecular complexity index is 495. The first-order valence-electron chi connectivity index (χ1n) is 5.91. The van der Waals surface area contributed by atoms with E-state index in [0.717, 1.165) is 12.1 Å². The van der Waals surface area contributed by atoms with Crippen molar-refractivity contribution in [3.63, 3.8) is 0 Å². The monoisotopic (exact) mass is 245 g/mol. The molecular weight excluding hydrogens is 230 g/mol. The summed E-state index contributed by atoms with van der Waals surface area (Å²) in [6, 6.07) is 9.05. The maximum Gasteiger partial charge on any atom is 0.0912 e. The maximum atomic E-state index is 4.32. The molecule has 2 atom stereocenters. The van der Waals surface area contributed by atoms with Crippen LogP contribution in [0, 0.1) is 0 Å². The Morgan fingerprint density at radius 1 is 1.47 bits per heavy atom. The molecule has 0 saturated heterocycles. The van der Waals surface area contributed by atoms with Gasteiger partial charge in [0.2, 0.25) is 0 Å². The fourth-order valence-electron chi connectivity index (χ4n) is 2.57. The molecule has 0 spiro atoms. The second-order valence-corrected chi connectivity index (χ2v) is 5.07. The smallest absolute Gasteiger partial charge is 0.0912 e. The Morgan fingerprint density at radius 2 is 2.35 bits per heavy atom. The molecule has 0 aliphatic heterocycles. The fraction of sp³-hybridized carbons (Fsp3) is 0.385. The van der Waals surface area contributed by atoms with Gasteiger partial charge in [0.15, 0.2) is 0 Å². The van der Waals surface area contributed by atoms with Crippen LogP contribution in [0.4, 0.5) is 0 Å².